The highest BCUT2D eigenvalue weighted by Gasteiger charge is 2.58. The van der Waals surface area contributed by atoms with Gasteiger partial charge in [-0.2, -0.15) is 0 Å². The largest absolute Gasteiger partial charge is 0.300 e. The molecule has 2 nitrogen and oxygen atoms in total. The number of Topliss-reactive ketones (excluding diaryl/α,β-unsaturated/α-hetero) is 1. The maximum Gasteiger partial charge on any atom is 0.155 e. The van der Waals surface area contributed by atoms with Crippen LogP contribution < -0.4 is 0 Å². The SMILES string of the molecule is CC(=O)CC1CC[C@H]2[C@@H]3CCC4=CC(=O)CC[C@]4(C)[C@H]3CC[C@]12C. The highest BCUT2D eigenvalue weighted by Crippen LogP contribution is 2.66. The molecule has 0 saturated heterocycles. The van der Waals surface area contributed by atoms with Gasteiger partial charge in [-0.05, 0) is 92.4 Å². The van der Waals surface area contributed by atoms with Crippen LogP contribution in [-0.2, 0) is 9.59 Å². The van der Waals surface area contributed by atoms with Crippen molar-refractivity contribution in [2.24, 2.45) is 34.5 Å². The molecule has 0 radical (unpaired) electrons. The summed E-state index contributed by atoms with van der Waals surface area (Å²) in [6.07, 6.45) is 12.2. The van der Waals surface area contributed by atoms with E-state index >= 15 is 0 Å². The van der Waals surface area contributed by atoms with Crippen molar-refractivity contribution in [3.05, 3.63) is 11.6 Å². The van der Waals surface area contributed by atoms with Gasteiger partial charge in [0.25, 0.3) is 0 Å². The number of allylic oxidation sites excluding steroid dienone is 1. The molecule has 132 valence electrons. The van der Waals surface area contributed by atoms with Crippen molar-refractivity contribution in [3.8, 4) is 0 Å². The average molecular weight is 328 g/mol. The molecule has 0 bridgehead atoms. The highest BCUT2D eigenvalue weighted by molar-refractivity contribution is 5.91. The molecule has 1 unspecified atom stereocenters. The molecular weight excluding hydrogens is 296 g/mol. The van der Waals surface area contributed by atoms with Crippen LogP contribution in [-0.4, -0.2) is 11.6 Å². The van der Waals surface area contributed by atoms with Gasteiger partial charge >= 0.3 is 0 Å². The lowest BCUT2D eigenvalue weighted by molar-refractivity contribution is -0.120. The van der Waals surface area contributed by atoms with Crippen LogP contribution in [0.1, 0.15) is 78.6 Å². The summed E-state index contributed by atoms with van der Waals surface area (Å²) < 4.78 is 0. The molecule has 0 spiro atoms. The normalized spacial score (nSPS) is 47.5. The van der Waals surface area contributed by atoms with Gasteiger partial charge in [0.2, 0.25) is 0 Å². The number of carbonyl (C=O) groups is 2. The zero-order chi connectivity index (χ0) is 17.1. The third-order valence-corrected chi connectivity index (χ3v) is 8.69. The van der Waals surface area contributed by atoms with E-state index in [2.05, 4.69) is 13.8 Å². The van der Waals surface area contributed by atoms with Crippen LogP contribution in [0.3, 0.4) is 0 Å². The summed E-state index contributed by atoms with van der Waals surface area (Å²) in [7, 11) is 0. The van der Waals surface area contributed by atoms with Crippen molar-refractivity contribution in [1.82, 2.24) is 0 Å². The van der Waals surface area contributed by atoms with Crippen molar-refractivity contribution in [3.63, 3.8) is 0 Å². The molecule has 0 heterocycles. The molecule has 0 N–H and O–H groups in total. The maximum atomic E-state index is 11.9. The van der Waals surface area contributed by atoms with Gasteiger partial charge in [-0.25, -0.2) is 0 Å². The Labute approximate surface area is 146 Å². The van der Waals surface area contributed by atoms with E-state index in [-0.39, 0.29) is 5.41 Å². The summed E-state index contributed by atoms with van der Waals surface area (Å²) in [5.74, 6) is 3.71. The van der Waals surface area contributed by atoms with Crippen LogP contribution in [0.4, 0.5) is 0 Å². The number of ketones is 2. The second-order valence-corrected chi connectivity index (χ2v) is 9.69. The number of fused-ring (bicyclic) bond motifs is 5. The lowest BCUT2D eigenvalue weighted by atomic mass is 9.46. The van der Waals surface area contributed by atoms with Gasteiger partial charge < -0.3 is 4.79 Å². The Hall–Kier alpha value is -0.920. The third kappa shape index (κ3) is 2.28. The van der Waals surface area contributed by atoms with E-state index in [0.717, 1.165) is 43.4 Å². The molecule has 3 saturated carbocycles. The Balaban J connectivity index is 1.62. The molecule has 0 aromatic heterocycles. The fourth-order valence-electron chi connectivity index (χ4n) is 7.35. The van der Waals surface area contributed by atoms with Crippen molar-refractivity contribution < 1.29 is 9.59 Å². The topological polar surface area (TPSA) is 34.1 Å². The molecule has 24 heavy (non-hydrogen) atoms. The minimum atomic E-state index is 0.275. The van der Waals surface area contributed by atoms with Gasteiger partial charge in [-0.15, -0.1) is 0 Å². The number of hydrogen-bond donors (Lipinski definition) is 0. The second-order valence-electron chi connectivity index (χ2n) is 9.69. The first-order valence-electron chi connectivity index (χ1n) is 10.1. The van der Waals surface area contributed by atoms with Gasteiger partial charge in [0.05, 0.1) is 0 Å². The van der Waals surface area contributed by atoms with Crippen LogP contribution in [0.2, 0.25) is 0 Å². The molecule has 0 aromatic rings. The third-order valence-electron chi connectivity index (χ3n) is 8.69. The van der Waals surface area contributed by atoms with Crippen LogP contribution >= 0.6 is 0 Å². The Bertz CT molecular complexity index is 603. The second kappa shape index (κ2) is 5.54. The molecule has 4 aliphatic carbocycles. The van der Waals surface area contributed by atoms with Gasteiger partial charge in [-0.1, -0.05) is 19.4 Å². The van der Waals surface area contributed by atoms with Crippen molar-refractivity contribution >= 4 is 11.6 Å². The lowest BCUT2D eigenvalue weighted by Crippen LogP contribution is -2.50. The summed E-state index contributed by atoms with van der Waals surface area (Å²) in [6.45, 7) is 6.71. The predicted molar refractivity (Wildman–Crippen MR) is 95.5 cm³/mol. The molecule has 6 atom stereocenters. The van der Waals surface area contributed by atoms with E-state index in [0.29, 0.717) is 22.9 Å². The minimum Gasteiger partial charge on any atom is -0.300 e. The summed E-state index contributed by atoms with van der Waals surface area (Å²) in [5, 5.41) is 0. The van der Waals surface area contributed by atoms with Crippen molar-refractivity contribution in [2.75, 3.05) is 0 Å². The first-order chi connectivity index (χ1) is 11.3. The van der Waals surface area contributed by atoms with Crippen LogP contribution in [0.25, 0.3) is 0 Å². The highest BCUT2D eigenvalue weighted by atomic mass is 16.1. The van der Waals surface area contributed by atoms with E-state index in [4.69, 9.17) is 0 Å². The van der Waals surface area contributed by atoms with E-state index in [9.17, 15) is 9.59 Å². The van der Waals surface area contributed by atoms with Crippen molar-refractivity contribution in [2.45, 2.75) is 78.6 Å². The fourth-order valence-corrected chi connectivity index (χ4v) is 7.35. The van der Waals surface area contributed by atoms with E-state index in [1.807, 2.05) is 6.08 Å². The van der Waals surface area contributed by atoms with Crippen LogP contribution in [0.15, 0.2) is 11.6 Å². The summed E-state index contributed by atoms with van der Waals surface area (Å²) in [5.41, 5.74) is 2.12. The standard InChI is InChI=1S/C22H32O2/c1-14(23)12-15-5-7-19-18-6-4-16-13-17(24)8-10-21(16,2)20(18)9-11-22(15,19)3/h13,15,18-20H,4-12H2,1-3H3/t15?,18-,19-,20-,21-,22+/m0/s1. The van der Waals surface area contributed by atoms with Crippen molar-refractivity contribution in [1.29, 1.82) is 0 Å². The number of hydrogen-bond acceptors (Lipinski definition) is 2. The molecule has 0 aromatic carbocycles. The molecule has 2 heteroatoms. The first kappa shape index (κ1) is 16.5. The van der Waals surface area contributed by atoms with Crippen LogP contribution in [0, 0.1) is 34.5 Å². The van der Waals surface area contributed by atoms with Gasteiger partial charge in [0.15, 0.2) is 5.78 Å². The van der Waals surface area contributed by atoms with E-state index in [1.165, 1.54) is 37.7 Å². The predicted octanol–water partition coefficient (Wildman–Crippen LogP) is 5.11. The van der Waals surface area contributed by atoms with E-state index in [1.54, 1.807) is 6.92 Å². The quantitative estimate of drug-likeness (QED) is 0.705. The summed E-state index contributed by atoms with van der Waals surface area (Å²) in [6, 6.07) is 0. The van der Waals surface area contributed by atoms with E-state index < -0.39 is 0 Å². The molecule has 4 aliphatic rings. The van der Waals surface area contributed by atoms with Gasteiger partial charge in [0, 0.05) is 12.8 Å². The zero-order valence-electron chi connectivity index (χ0n) is 15.6. The Morgan fingerprint density at radius 1 is 1.08 bits per heavy atom. The number of carbonyl (C=O) groups excluding carboxylic acids is 2. The minimum absolute atomic E-state index is 0.275. The molecular formula is C22H32O2. The molecule has 0 aliphatic heterocycles. The smallest absolute Gasteiger partial charge is 0.155 e. The lowest BCUT2D eigenvalue weighted by Gasteiger charge is -2.58. The average Bonchev–Trinajstić information content (AvgIpc) is 2.84. The zero-order valence-corrected chi connectivity index (χ0v) is 15.6. The maximum absolute atomic E-state index is 11.9. The Morgan fingerprint density at radius 3 is 2.62 bits per heavy atom. The first-order valence-corrected chi connectivity index (χ1v) is 10.1. The number of rotatable bonds is 2. The van der Waals surface area contributed by atoms with Gasteiger partial charge in [0.1, 0.15) is 5.78 Å². The summed E-state index contributed by atoms with van der Waals surface area (Å²) in [4.78, 5) is 23.6. The summed E-state index contributed by atoms with van der Waals surface area (Å²) >= 11 is 0. The fraction of sp³-hybridized carbons (Fsp3) is 0.818. The Kier molecular flexibility index (Phi) is 3.82. The molecule has 4 rings (SSSR count). The molecule has 0 amide bonds. The van der Waals surface area contributed by atoms with Gasteiger partial charge in [-0.3, -0.25) is 4.79 Å². The monoisotopic (exact) mass is 328 g/mol. The Morgan fingerprint density at radius 2 is 1.88 bits per heavy atom. The van der Waals surface area contributed by atoms with Crippen LogP contribution in [0.5, 0.6) is 0 Å². The molecule has 3 fully saturated rings.